The van der Waals surface area contributed by atoms with Crippen LogP contribution in [0.4, 0.5) is 0 Å². The van der Waals surface area contributed by atoms with Crippen molar-refractivity contribution in [1.29, 1.82) is 0 Å². The van der Waals surface area contributed by atoms with Crippen LogP contribution in [0.15, 0.2) is 36.4 Å². The van der Waals surface area contributed by atoms with Gasteiger partial charge in [0.05, 0.1) is 0 Å². The summed E-state index contributed by atoms with van der Waals surface area (Å²) in [6.45, 7) is -0.144. The molecule has 2 nitrogen and oxygen atoms in total. The van der Waals surface area contributed by atoms with Gasteiger partial charge in [0.1, 0.15) is 12.4 Å². The molecule has 0 spiro atoms. The first-order valence-corrected chi connectivity index (χ1v) is 4.63. The molecule has 0 aliphatic heterocycles. The summed E-state index contributed by atoms with van der Waals surface area (Å²) in [5.41, 5.74) is 0.863. The van der Waals surface area contributed by atoms with Crippen molar-refractivity contribution in [1.82, 2.24) is 0 Å². The third kappa shape index (κ3) is 1.93. The Morgan fingerprint density at radius 1 is 1.13 bits per heavy atom. The highest BCUT2D eigenvalue weighted by Gasteiger charge is 1.98. The summed E-state index contributed by atoms with van der Waals surface area (Å²) in [4.78, 5) is 0. The van der Waals surface area contributed by atoms with Crippen LogP contribution in [-0.2, 0) is 0 Å². The van der Waals surface area contributed by atoms with Crippen LogP contribution in [0, 0.1) is 11.8 Å². The van der Waals surface area contributed by atoms with Gasteiger partial charge in [0.25, 0.3) is 0 Å². The molecule has 0 bridgehead atoms. The van der Waals surface area contributed by atoms with Crippen LogP contribution < -0.4 is 0 Å². The molecule has 15 heavy (non-hydrogen) atoms. The maximum Gasteiger partial charge on any atom is 0.116 e. The first kappa shape index (κ1) is 9.57. The van der Waals surface area contributed by atoms with Crippen LogP contribution in [0.25, 0.3) is 10.8 Å². The van der Waals surface area contributed by atoms with Crippen LogP contribution >= 0.6 is 0 Å². The van der Waals surface area contributed by atoms with Gasteiger partial charge in [0, 0.05) is 5.56 Å². The number of phenolic OH excluding ortho intramolecular Hbond substituents is 1. The van der Waals surface area contributed by atoms with Crippen LogP contribution in [-0.4, -0.2) is 16.8 Å². The van der Waals surface area contributed by atoms with E-state index in [4.69, 9.17) is 5.11 Å². The molecule has 74 valence electrons. The standard InChI is InChI=1S/C13H10O2/c14-8-2-5-10-3-1-4-11-9-12(15)6-7-13(10)11/h1,3-4,6-7,9,14-15H,8H2. The van der Waals surface area contributed by atoms with Gasteiger partial charge in [-0.05, 0) is 35.0 Å². The minimum Gasteiger partial charge on any atom is -0.508 e. The zero-order valence-corrected chi connectivity index (χ0v) is 8.07. The van der Waals surface area contributed by atoms with E-state index in [0.29, 0.717) is 0 Å². The SMILES string of the molecule is OCC#Cc1cccc2cc(O)ccc12. The first-order valence-electron chi connectivity index (χ1n) is 4.63. The molecular formula is C13H10O2. The molecule has 0 aliphatic carbocycles. The fourth-order valence-corrected chi connectivity index (χ4v) is 1.51. The van der Waals surface area contributed by atoms with Crippen LogP contribution in [0.5, 0.6) is 5.75 Å². The quantitative estimate of drug-likeness (QED) is 0.634. The summed E-state index contributed by atoms with van der Waals surface area (Å²) in [5.74, 6) is 5.73. The summed E-state index contributed by atoms with van der Waals surface area (Å²) >= 11 is 0. The fourth-order valence-electron chi connectivity index (χ4n) is 1.51. The molecular weight excluding hydrogens is 188 g/mol. The topological polar surface area (TPSA) is 40.5 Å². The highest BCUT2D eigenvalue weighted by Crippen LogP contribution is 2.22. The van der Waals surface area contributed by atoms with E-state index in [-0.39, 0.29) is 12.4 Å². The maximum atomic E-state index is 9.32. The Hall–Kier alpha value is -1.98. The second-order valence-corrected chi connectivity index (χ2v) is 3.17. The monoisotopic (exact) mass is 198 g/mol. The van der Waals surface area contributed by atoms with Gasteiger partial charge in [-0.2, -0.15) is 0 Å². The Bertz CT molecular complexity index is 547. The van der Waals surface area contributed by atoms with Crippen LogP contribution in [0.1, 0.15) is 5.56 Å². The summed E-state index contributed by atoms with van der Waals surface area (Å²) in [6, 6.07) is 10.8. The molecule has 0 saturated carbocycles. The second kappa shape index (κ2) is 4.04. The first-order chi connectivity index (χ1) is 7.31. The number of aliphatic hydroxyl groups excluding tert-OH is 1. The molecule has 0 heterocycles. The fraction of sp³-hybridized carbons (Fsp3) is 0.0769. The lowest BCUT2D eigenvalue weighted by molar-refractivity contribution is 0.350. The second-order valence-electron chi connectivity index (χ2n) is 3.17. The molecule has 0 aromatic heterocycles. The molecule has 2 aromatic rings. The van der Waals surface area contributed by atoms with Gasteiger partial charge >= 0.3 is 0 Å². The van der Waals surface area contributed by atoms with Gasteiger partial charge in [0.2, 0.25) is 0 Å². The third-order valence-electron chi connectivity index (χ3n) is 2.17. The third-order valence-corrected chi connectivity index (χ3v) is 2.17. The number of hydrogen-bond donors (Lipinski definition) is 2. The van der Waals surface area contributed by atoms with Crippen molar-refractivity contribution in [3.05, 3.63) is 42.0 Å². The van der Waals surface area contributed by atoms with Crippen molar-refractivity contribution in [3.63, 3.8) is 0 Å². The predicted octanol–water partition coefficient (Wildman–Crippen LogP) is 1.89. The highest BCUT2D eigenvalue weighted by atomic mass is 16.3. The molecule has 2 N–H and O–H groups in total. The minimum atomic E-state index is -0.144. The summed E-state index contributed by atoms with van der Waals surface area (Å²) in [6.07, 6.45) is 0. The van der Waals surface area contributed by atoms with Crippen molar-refractivity contribution in [2.75, 3.05) is 6.61 Å². The normalized spacial score (nSPS) is 9.67. The van der Waals surface area contributed by atoms with Crippen molar-refractivity contribution in [2.45, 2.75) is 0 Å². The Balaban J connectivity index is 2.66. The van der Waals surface area contributed by atoms with E-state index < -0.39 is 0 Å². The number of fused-ring (bicyclic) bond motifs is 1. The zero-order chi connectivity index (χ0) is 10.7. The Labute approximate surface area is 87.8 Å². The van der Waals surface area contributed by atoms with Gasteiger partial charge < -0.3 is 10.2 Å². The van der Waals surface area contributed by atoms with Crippen molar-refractivity contribution >= 4 is 10.8 Å². The maximum absolute atomic E-state index is 9.32. The van der Waals surface area contributed by atoms with Crippen molar-refractivity contribution in [3.8, 4) is 17.6 Å². The average Bonchev–Trinajstić information content (AvgIpc) is 2.25. The number of aliphatic hydroxyl groups is 1. The molecule has 2 heteroatoms. The van der Waals surface area contributed by atoms with E-state index in [0.717, 1.165) is 16.3 Å². The van der Waals surface area contributed by atoms with Gasteiger partial charge in [-0.25, -0.2) is 0 Å². The number of rotatable bonds is 0. The smallest absolute Gasteiger partial charge is 0.116 e. The van der Waals surface area contributed by atoms with Gasteiger partial charge in [-0.3, -0.25) is 0 Å². The molecule has 0 fully saturated rings. The molecule has 2 rings (SSSR count). The number of hydrogen-bond acceptors (Lipinski definition) is 2. The average molecular weight is 198 g/mol. The molecule has 0 amide bonds. The Kier molecular flexibility index (Phi) is 2.57. The molecule has 0 atom stereocenters. The van der Waals surface area contributed by atoms with E-state index >= 15 is 0 Å². The van der Waals surface area contributed by atoms with Gasteiger partial charge in [-0.1, -0.05) is 24.0 Å². The van der Waals surface area contributed by atoms with Crippen molar-refractivity contribution < 1.29 is 10.2 Å². The van der Waals surface area contributed by atoms with E-state index in [1.54, 1.807) is 12.1 Å². The predicted molar refractivity (Wildman–Crippen MR) is 59.6 cm³/mol. The number of phenols is 1. The number of benzene rings is 2. The van der Waals surface area contributed by atoms with Crippen LogP contribution in [0.3, 0.4) is 0 Å². The number of aromatic hydroxyl groups is 1. The molecule has 0 aliphatic rings. The molecule has 0 radical (unpaired) electrons. The van der Waals surface area contributed by atoms with Crippen molar-refractivity contribution in [2.24, 2.45) is 0 Å². The van der Waals surface area contributed by atoms with Gasteiger partial charge in [0.15, 0.2) is 0 Å². The van der Waals surface area contributed by atoms with E-state index in [1.807, 2.05) is 24.3 Å². The lowest BCUT2D eigenvalue weighted by atomic mass is 10.0. The summed E-state index contributed by atoms with van der Waals surface area (Å²) < 4.78 is 0. The Morgan fingerprint density at radius 3 is 2.80 bits per heavy atom. The minimum absolute atomic E-state index is 0.144. The summed E-state index contributed by atoms with van der Waals surface area (Å²) in [5, 5.41) is 19.9. The lowest BCUT2D eigenvalue weighted by Gasteiger charge is -2.00. The largest absolute Gasteiger partial charge is 0.508 e. The van der Waals surface area contributed by atoms with Gasteiger partial charge in [-0.15, -0.1) is 0 Å². The molecule has 0 unspecified atom stereocenters. The lowest BCUT2D eigenvalue weighted by Crippen LogP contribution is -1.80. The zero-order valence-electron chi connectivity index (χ0n) is 8.07. The van der Waals surface area contributed by atoms with E-state index in [9.17, 15) is 5.11 Å². The Morgan fingerprint density at radius 2 is 2.00 bits per heavy atom. The van der Waals surface area contributed by atoms with Crippen LogP contribution in [0.2, 0.25) is 0 Å². The highest BCUT2D eigenvalue weighted by molar-refractivity contribution is 5.89. The molecule has 2 aromatic carbocycles. The molecule has 0 saturated heterocycles. The van der Waals surface area contributed by atoms with E-state index in [2.05, 4.69) is 11.8 Å². The summed E-state index contributed by atoms with van der Waals surface area (Å²) in [7, 11) is 0. The van der Waals surface area contributed by atoms with E-state index in [1.165, 1.54) is 0 Å².